The van der Waals surface area contributed by atoms with Crippen molar-refractivity contribution in [3.63, 3.8) is 0 Å². The first kappa shape index (κ1) is 34.9. The molecule has 0 bridgehead atoms. The molecule has 0 saturated heterocycles. The van der Waals surface area contributed by atoms with Crippen LogP contribution >= 0.6 is 15.8 Å². The summed E-state index contributed by atoms with van der Waals surface area (Å²) < 4.78 is 0. The molecule has 2 aromatic rings. The van der Waals surface area contributed by atoms with Gasteiger partial charge in [0.25, 0.3) is 0 Å². The third-order valence-electron chi connectivity index (χ3n) is 6.88. The summed E-state index contributed by atoms with van der Waals surface area (Å²) in [6.07, 6.45) is 2.53. The summed E-state index contributed by atoms with van der Waals surface area (Å²) in [5.41, 5.74) is 14.7. The van der Waals surface area contributed by atoms with E-state index >= 15 is 0 Å². The molecule has 0 nitrogen and oxygen atoms in total. The van der Waals surface area contributed by atoms with Crippen molar-refractivity contribution in [2.45, 2.75) is 125 Å². The summed E-state index contributed by atoms with van der Waals surface area (Å²) in [5.74, 6) is 0. The SMILES string of the molecule is Cc1cc(C)c(CP(C(C)C)C(C)C)c(C)c1.[CH2-]c1cc(C)cc(C)c1CP(C(C)C)C(C)C.[Pt]. The third-order valence-corrected chi connectivity index (χ3v) is 13.6. The predicted molar refractivity (Wildman–Crippen MR) is 163 cm³/mol. The van der Waals surface area contributed by atoms with E-state index in [-0.39, 0.29) is 36.9 Å². The molecular weight excluding hydrogens is 641 g/mol. The Labute approximate surface area is 236 Å². The van der Waals surface area contributed by atoms with Crippen molar-refractivity contribution in [1.82, 2.24) is 0 Å². The number of hydrogen-bond acceptors (Lipinski definition) is 0. The number of rotatable bonds is 8. The van der Waals surface area contributed by atoms with E-state index in [1.807, 2.05) is 0 Å². The molecule has 0 spiro atoms. The van der Waals surface area contributed by atoms with Crippen molar-refractivity contribution in [3.8, 4) is 0 Å². The van der Waals surface area contributed by atoms with Crippen molar-refractivity contribution < 1.29 is 21.1 Å². The van der Waals surface area contributed by atoms with Crippen LogP contribution in [0.3, 0.4) is 0 Å². The maximum atomic E-state index is 4.22. The zero-order valence-electron chi connectivity index (χ0n) is 25.0. The summed E-state index contributed by atoms with van der Waals surface area (Å²) in [6.45, 7) is 34.3. The second kappa shape index (κ2) is 16.0. The Balaban J connectivity index is 0.000000642. The molecule has 0 saturated carbocycles. The molecule has 0 unspecified atom stereocenters. The van der Waals surface area contributed by atoms with Crippen LogP contribution in [0.4, 0.5) is 0 Å². The van der Waals surface area contributed by atoms with Gasteiger partial charge in [0.1, 0.15) is 0 Å². The van der Waals surface area contributed by atoms with Gasteiger partial charge in [-0.15, -0.1) is 24.6 Å². The number of benzene rings is 2. The normalized spacial score (nSPS) is 11.5. The van der Waals surface area contributed by atoms with Crippen LogP contribution in [0, 0.1) is 41.5 Å². The maximum Gasteiger partial charge on any atom is 0 e. The van der Waals surface area contributed by atoms with Crippen LogP contribution < -0.4 is 0 Å². The van der Waals surface area contributed by atoms with E-state index in [1.54, 1.807) is 5.56 Å². The fourth-order valence-electron chi connectivity index (χ4n) is 5.06. The molecule has 0 radical (unpaired) electrons. The van der Waals surface area contributed by atoms with Crippen molar-refractivity contribution in [1.29, 1.82) is 0 Å². The molecule has 0 aromatic heterocycles. The first-order chi connectivity index (χ1) is 15.6. The fraction of sp³-hybridized carbons (Fsp3) is 0.594. The van der Waals surface area contributed by atoms with Crippen LogP contribution in [0.5, 0.6) is 0 Å². The smallest absolute Gasteiger partial charge is 0 e. The van der Waals surface area contributed by atoms with Crippen LogP contribution in [-0.2, 0) is 33.4 Å². The van der Waals surface area contributed by atoms with E-state index in [0.717, 1.165) is 22.6 Å². The average Bonchev–Trinajstić information content (AvgIpc) is 2.65. The van der Waals surface area contributed by atoms with E-state index in [9.17, 15) is 0 Å². The van der Waals surface area contributed by atoms with Gasteiger partial charge in [0.15, 0.2) is 0 Å². The van der Waals surface area contributed by atoms with Crippen LogP contribution in [0.1, 0.15) is 99.9 Å². The molecule has 0 N–H and O–H groups in total. The first-order valence-corrected chi connectivity index (χ1v) is 16.5. The average molecular weight is 695 g/mol. The molecule has 202 valence electrons. The van der Waals surface area contributed by atoms with E-state index < -0.39 is 0 Å². The second-order valence-corrected chi connectivity index (χ2v) is 18.1. The minimum Gasteiger partial charge on any atom is -0.198 e. The number of aryl methyl sites for hydroxylation is 5. The maximum absolute atomic E-state index is 4.22. The Morgan fingerprint density at radius 1 is 0.543 bits per heavy atom. The summed E-state index contributed by atoms with van der Waals surface area (Å²) in [7, 11) is 0.166. The van der Waals surface area contributed by atoms with Gasteiger partial charge in [-0.2, -0.15) is 18.6 Å². The molecule has 35 heavy (non-hydrogen) atoms. The van der Waals surface area contributed by atoms with Crippen molar-refractivity contribution in [2.75, 3.05) is 0 Å². The molecule has 3 heteroatoms. The van der Waals surface area contributed by atoms with Gasteiger partial charge >= 0.3 is 0 Å². The largest absolute Gasteiger partial charge is 0.198 e. The Bertz CT molecular complexity index is 774. The molecule has 2 rings (SSSR count). The molecule has 0 aliphatic carbocycles. The Morgan fingerprint density at radius 2 is 0.829 bits per heavy atom. The van der Waals surface area contributed by atoms with E-state index in [4.69, 9.17) is 0 Å². The molecule has 0 aliphatic rings. The molecule has 0 amide bonds. The minimum absolute atomic E-state index is 0. The van der Waals surface area contributed by atoms with Gasteiger partial charge in [-0.1, -0.05) is 107 Å². The van der Waals surface area contributed by atoms with E-state index in [0.29, 0.717) is 0 Å². The van der Waals surface area contributed by atoms with Crippen molar-refractivity contribution in [2.24, 2.45) is 0 Å². The van der Waals surface area contributed by atoms with Gasteiger partial charge in [0, 0.05) is 21.1 Å². The fourth-order valence-corrected chi connectivity index (χ4v) is 10.6. The summed E-state index contributed by atoms with van der Waals surface area (Å²) in [5, 5.41) is 0. The van der Waals surface area contributed by atoms with Gasteiger partial charge in [0.2, 0.25) is 0 Å². The van der Waals surface area contributed by atoms with Crippen LogP contribution in [-0.4, -0.2) is 22.6 Å². The van der Waals surface area contributed by atoms with Crippen molar-refractivity contribution in [3.05, 3.63) is 75.7 Å². The van der Waals surface area contributed by atoms with Gasteiger partial charge in [-0.25, -0.2) is 0 Å². The van der Waals surface area contributed by atoms with Gasteiger partial charge in [-0.05, 0) is 66.3 Å². The molecule has 0 heterocycles. The monoisotopic (exact) mass is 694 g/mol. The minimum atomic E-state index is 0. The topological polar surface area (TPSA) is 0 Å². The van der Waals surface area contributed by atoms with Gasteiger partial charge in [0.05, 0.1) is 0 Å². The zero-order chi connectivity index (χ0) is 26.3. The molecule has 0 aliphatic heterocycles. The summed E-state index contributed by atoms with van der Waals surface area (Å²) in [6, 6.07) is 9.17. The van der Waals surface area contributed by atoms with Gasteiger partial charge < -0.3 is 0 Å². The molecule has 0 fully saturated rings. The van der Waals surface area contributed by atoms with Crippen molar-refractivity contribution >= 4 is 15.8 Å². The summed E-state index contributed by atoms with van der Waals surface area (Å²) in [4.78, 5) is 0. The standard InChI is InChI=1S/C16H27P.C16H26P.Pt/c2*1-11(2)17(12(3)4)10-16-14(6)8-13(5)9-15(16)7;/h8-9,11-12H,10H2,1-7H3;8-9,11-12H,6,10H2,1-5,7H3;/q;-1;. The Kier molecular flexibility index (Phi) is 15.9. The van der Waals surface area contributed by atoms with E-state index in [2.05, 4.69) is 121 Å². The summed E-state index contributed by atoms with van der Waals surface area (Å²) >= 11 is 0. The van der Waals surface area contributed by atoms with Crippen LogP contribution in [0.2, 0.25) is 0 Å². The van der Waals surface area contributed by atoms with Crippen LogP contribution in [0.25, 0.3) is 0 Å². The molecule has 2 aromatic carbocycles. The number of hydrogen-bond donors (Lipinski definition) is 0. The Hall–Kier alpha value is -0.142. The molecule has 0 atom stereocenters. The molecular formula is C32H53P2Pt-. The Morgan fingerprint density at radius 3 is 1.14 bits per heavy atom. The quantitative estimate of drug-likeness (QED) is 0.191. The van der Waals surface area contributed by atoms with Gasteiger partial charge in [-0.3, -0.25) is 0 Å². The van der Waals surface area contributed by atoms with Crippen LogP contribution in [0.15, 0.2) is 24.3 Å². The zero-order valence-corrected chi connectivity index (χ0v) is 29.0. The van der Waals surface area contributed by atoms with E-state index in [1.165, 1.54) is 51.3 Å². The first-order valence-electron chi connectivity index (χ1n) is 13.2. The third kappa shape index (κ3) is 11.0. The predicted octanol–water partition coefficient (Wildman–Crippen LogP) is 10.7. The second-order valence-electron chi connectivity index (χ2n) is 11.3.